The highest BCUT2D eigenvalue weighted by Crippen LogP contribution is 2.33. The Morgan fingerprint density at radius 3 is 2.38 bits per heavy atom. The van der Waals surface area contributed by atoms with Crippen LogP contribution in [0.15, 0.2) is 72.8 Å². The molecule has 1 fully saturated rings. The van der Waals surface area contributed by atoms with E-state index >= 15 is 0 Å². The molecule has 0 aliphatic carbocycles. The first-order chi connectivity index (χ1) is 15.3. The van der Waals surface area contributed by atoms with Crippen molar-refractivity contribution in [3.63, 3.8) is 0 Å². The summed E-state index contributed by atoms with van der Waals surface area (Å²) in [6.45, 7) is 1.14. The number of hydrogen-bond donors (Lipinski definition) is 2. The van der Waals surface area contributed by atoms with E-state index < -0.39 is 29.9 Å². The third kappa shape index (κ3) is 4.07. The number of rotatable bonds is 5. The number of hydrogen-bond acceptors (Lipinski definition) is 3. The quantitative estimate of drug-likeness (QED) is 0.514. The average Bonchev–Trinajstić information content (AvgIpc) is 3.00. The maximum absolute atomic E-state index is 13.1. The van der Waals surface area contributed by atoms with E-state index in [1.54, 1.807) is 31.2 Å². The van der Waals surface area contributed by atoms with Crippen LogP contribution in [0, 0.1) is 0 Å². The van der Waals surface area contributed by atoms with Crippen molar-refractivity contribution in [2.45, 2.75) is 12.5 Å². The first-order valence-corrected chi connectivity index (χ1v) is 10.6. The molecule has 0 bridgehead atoms. The van der Waals surface area contributed by atoms with Gasteiger partial charge >= 0.3 is 6.03 Å². The lowest BCUT2D eigenvalue weighted by molar-refractivity contribution is -0.133. The van der Waals surface area contributed by atoms with Gasteiger partial charge in [-0.1, -0.05) is 77.8 Å². The number of nitrogens with zero attached hydrogens (tertiary/aromatic N) is 1. The Bertz CT molecular complexity index is 1220. The molecule has 6 nitrogen and oxygen atoms in total. The molecule has 0 saturated carbocycles. The molecular formula is C24H19Cl2N3O3. The summed E-state index contributed by atoms with van der Waals surface area (Å²) in [7, 11) is 0. The van der Waals surface area contributed by atoms with E-state index in [2.05, 4.69) is 10.6 Å². The Labute approximate surface area is 195 Å². The molecule has 1 aliphatic heterocycles. The van der Waals surface area contributed by atoms with E-state index in [0.29, 0.717) is 16.3 Å². The van der Waals surface area contributed by atoms with Gasteiger partial charge in [-0.25, -0.2) is 4.79 Å². The van der Waals surface area contributed by atoms with E-state index in [0.717, 1.165) is 16.0 Å². The molecule has 3 aromatic carbocycles. The van der Waals surface area contributed by atoms with Crippen LogP contribution < -0.4 is 10.6 Å². The van der Waals surface area contributed by atoms with Crippen molar-refractivity contribution in [3.05, 3.63) is 88.4 Å². The van der Waals surface area contributed by atoms with Crippen LogP contribution in [-0.2, 0) is 15.1 Å². The minimum absolute atomic E-state index is 0.265. The molecule has 0 radical (unpaired) electrons. The Morgan fingerprint density at radius 1 is 0.969 bits per heavy atom. The molecule has 1 saturated heterocycles. The largest absolute Gasteiger partial charge is 0.325 e. The van der Waals surface area contributed by atoms with Gasteiger partial charge in [-0.15, -0.1) is 0 Å². The number of benzene rings is 3. The van der Waals surface area contributed by atoms with Crippen molar-refractivity contribution < 1.29 is 14.4 Å². The first-order valence-electron chi connectivity index (χ1n) is 9.83. The predicted octanol–water partition coefficient (Wildman–Crippen LogP) is 5.07. The van der Waals surface area contributed by atoms with Gasteiger partial charge in [0.05, 0.1) is 10.0 Å². The Morgan fingerprint density at radius 2 is 1.66 bits per heavy atom. The van der Waals surface area contributed by atoms with E-state index in [1.165, 1.54) is 6.07 Å². The number of amides is 4. The SMILES string of the molecule is CC1(c2ccc(Cl)c(Cl)c2)NC(=O)N(CC(=O)Nc2ccccc2-c2ccccc2)C1=O. The van der Waals surface area contributed by atoms with Crippen LogP contribution in [0.25, 0.3) is 11.1 Å². The fraction of sp³-hybridized carbons (Fsp3) is 0.125. The highest BCUT2D eigenvalue weighted by atomic mass is 35.5. The number of anilines is 1. The van der Waals surface area contributed by atoms with Gasteiger partial charge in [-0.2, -0.15) is 0 Å². The van der Waals surface area contributed by atoms with Crippen LogP contribution in [0.1, 0.15) is 12.5 Å². The molecule has 2 N–H and O–H groups in total. The van der Waals surface area contributed by atoms with Gasteiger partial charge in [-0.3, -0.25) is 14.5 Å². The zero-order valence-electron chi connectivity index (χ0n) is 17.1. The average molecular weight is 468 g/mol. The molecule has 1 heterocycles. The fourth-order valence-corrected chi connectivity index (χ4v) is 3.94. The second-order valence-corrected chi connectivity index (χ2v) is 8.35. The van der Waals surface area contributed by atoms with E-state index in [-0.39, 0.29) is 5.02 Å². The minimum Gasteiger partial charge on any atom is -0.324 e. The van der Waals surface area contributed by atoms with Gasteiger partial charge in [0.1, 0.15) is 12.1 Å². The molecule has 0 aromatic heterocycles. The lowest BCUT2D eigenvalue weighted by atomic mass is 9.92. The molecule has 4 amide bonds. The van der Waals surface area contributed by atoms with Gasteiger partial charge in [0.15, 0.2) is 0 Å². The summed E-state index contributed by atoms with van der Waals surface area (Å²) < 4.78 is 0. The fourth-order valence-electron chi connectivity index (χ4n) is 3.64. The van der Waals surface area contributed by atoms with Crippen LogP contribution in [0.3, 0.4) is 0 Å². The van der Waals surface area contributed by atoms with Crippen LogP contribution in [0.4, 0.5) is 10.5 Å². The lowest BCUT2D eigenvalue weighted by Gasteiger charge is -2.22. The minimum atomic E-state index is -1.35. The van der Waals surface area contributed by atoms with Gasteiger partial charge in [0.25, 0.3) is 5.91 Å². The zero-order chi connectivity index (χ0) is 22.9. The van der Waals surface area contributed by atoms with Gasteiger partial charge in [0.2, 0.25) is 5.91 Å². The maximum Gasteiger partial charge on any atom is 0.325 e. The molecular weight excluding hydrogens is 449 g/mol. The summed E-state index contributed by atoms with van der Waals surface area (Å²) in [6, 6.07) is 21.0. The number of carbonyl (C=O) groups excluding carboxylic acids is 3. The molecule has 1 aliphatic rings. The van der Waals surface area contributed by atoms with E-state index in [9.17, 15) is 14.4 Å². The Kier molecular flexibility index (Phi) is 5.91. The van der Waals surface area contributed by atoms with Crippen molar-refractivity contribution in [2.24, 2.45) is 0 Å². The summed E-state index contributed by atoms with van der Waals surface area (Å²) in [6.07, 6.45) is 0. The predicted molar refractivity (Wildman–Crippen MR) is 125 cm³/mol. The van der Waals surface area contributed by atoms with Crippen LogP contribution in [0.2, 0.25) is 10.0 Å². The second-order valence-electron chi connectivity index (χ2n) is 7.54. The van der Waals surface area contributed by atoms with Crippen molar-refractivity contribution in [2.75, 3.05) is 11.9 Å². The summed E-state index contributed by atoms with van der Waals surface area (Å²) in [4.78, 5) is 39.3. The normalized spacial score (nSPS) is 17.9. The number of para-hydroxylation sites is 1. The van der Waals surface area contributed by atoms with Crippen LogP contribution in [0.5, 0.6) is 0 Å². The number of urea groups is 1. The van der Waals surface area contributed by atoms with E-state index in [1.807, 2.05) is 42.5 Å². The third-order valence-corrected chi connectivity index (χ3v) is 6.10. The molecule has 162 valence electrons. The summed E-state index contributed by atoms with van der Waals surface area (Å²) in [5, 5.41) is 6.07. The van der Waals surface area contributed by atoms with E-state index in [4.69, 9.17) is 23.2 Å². The summed E-state index contributed by atoms with van der Waals surface area (Å²) >= 11 is 12.0. The lowest BCUT2D eigenvalue weighted by Crippen LogP contribution is -2.42. The maximum atomic E-state index is 13.1. The highest BCUT2D eigenvalue weighted by Gasteiger charge is 2.49. The van der Waals surface area contributed by atoms with Crippen LogP contribution >= 0.6 is 23.2 Å². The zero-order valence-corrected chi connectivity index (χ0v) is 18.6. The number of halogens is 2. The van der Waals surface area contributed by atoms with Crippen LogP contribution in [-0.4, -0.2) is 29.3 Å². The molecule has 32 heavy (non-hydrogen) atoms. The number of imide groups is 1. The van der Waals surface area contributed by atoms with Crippen molar-refractivity contribution in [3.8, 4) is 11.1 Å². The van der Waals surface area contributed by atoms with Gasteiger partial charge in [0, 0.05) is 11.3 Å². The molecule has 1 atom stereocenters. The summed E-state index contributed by atoms with van der Waals surface area (Å²) in [5.41, 5.74) is 1.48. The standard InChI is InChI=1S/C24H19Cl2N3O3/c1-24(16-11-12-18(25)19(26)13-16)22(31)29(23(32)28-24)14-21(30)27-20-10-6-5-9-17(20)15-7-3-2-4-8-15/h2-13H,14H2,1H3,(H,27,30)(H,28,32). The topological polar surface area (TPSA) is 78.5 Å². The second kappa shape index (κ2) is 8.65. The van der Waals surface area contributed by atoms with Crippen molar-refractivity contribution in [1.29, 1.82) is 0 Å². The number of nitrogens with one attached hydrogen (secondary N) is 2. The van der Waals surface area contributed by atoms with Crippen molar-refractivity contribution in [1.82, 2.24) is 10.2 Å². The third-order valence-electron chi connectivity index (χ3n) is 5.36. The monoisotopic (exact) mass is 467 g/mol. The molecule has 0 spiro atoms. The number of carbonyl (C=O) groups is 3. The van der Waals surface area contributed by atoms with Crippen molar-refractivity contribution >= 4 is 46.7 Å². The molecule has 1 unspecified atom stereocenters. The molecule has 4 rings (SSSR count). The first kappa shape index (κ1) is 21.9. The highest BCUT2D eigenvalue weighted by molar-refractivity contribution is 6.42. The van der Waals surface area contributed by atoms with Gasteiger partial charge < -0.3 is 10.6 Å². The Hall–Kier alpha value is -3.35. The molecule has 8 heteroatoms. The van der Waals surface area contributed by atoms with Gasteiger partial charge in [-0.05, 0) is 36.2 Å². The smallest absolute Gasteiger partial charge is 0.324 e. The Balaban J connectivity index is 1.53. The summed E-state index contributed by atoms with van der Waals surface area (Å²) in [5.74, 6) is -1.04. The molecule has 3 aromatic rings.